The molecule has 0 aromatic heterocycles. The van der Waals surface area contributed by atoms with Crippen molar-refractivity contribution in [3.8, 4) is 0 Å². The van der Waals surface area contributed by atoms with Gasteiger partial charge >= 0.3 is 5.97 Å². The fraction of sp³-hybridized carbons (Fsp3) is 0.679. The predicted molar refractivity (Wildman–Crippen MR) is 131 cm³/mol. The van der Waals surface area contributed by atoms with E-state index in [1.165, 1.54) is 5.56 Å². The van der Waals surface area contributed by atoms with E-state index in [0.717, 1.165) is 58.0 Å². The molecule has 2 fully saturated rings. The predicted octanol–water partition coefficient (Wildman–Crippen LogP) is 4.87. The Kier molecular flexibility index (Phi) is 11.6. The van der Waals surface area contributed by atoms with Crippen molar-refractivity contribution in [3.05, 3.63) is 48.0 Å². The molecule has 1 aromatic carbocycles. The molecule has 1 unspecified atom stereocenters. The zero-order valence-electron chi connectivity index (χ0n) is 20.3. The smallest absolute Gasteiger partial charge is 0.303 e. The van der Waals surface area contributed by atoms with E-state index in [-0.39, 0.29) is 30.7 Å². The van der Waals surface area contributed by atoms with Crippen molar-refractivity contribution in [1.82, 2.24) is 0 Å². The molecule has 0 radical (unpaired) electrons. The molecule has 6 atom stereocenters. The van der Waals surface area contributed by atoms with Crippen LogP contribution in [-0.4, -0.2) is 52.5 Å². The van der Waals surface area contributed by atoms with Crippen molar-refractivity contribution in [3.63, 3.8) is 0 Å². The van der Waals surface area contributed by atoms with Crippen LogP contribution in [0, 0.1) is 11.8 Å². The number of carbonyl (C=O) groups is 1. The highest BCUT2D eigenvalue weighted by Gasteiger charge is 2.40. The van der Waals surface area contributed by atoms with Gasteiger partial charge in [-0.25, -0.2) is 0 Å². The van der Waals surface area contributed by atoms with Crippen LogP contribution in [-0.2, 0) is 20.7 Å². The molecule has 190 valence electrons. The van der Waals surface area contributed by atoms with E-state index in [4.69, 9.17) is 14.6 Å². The van der Waals surface area contributed by atoms with Crippen LogP contribution >= 0.6 is 0 Å². The topological polar surface area (TPSA) is 96.2 Å². The summed E-state index contributed by atoms with van der Waals surface area (Å²) in [6.07, 6.45) is 12.2. The van der Waals surface area contributed by atoms with Gasteiger partial charge in [0.1, 0.15) is 0 Å². The molecule has 1 aromatic rings. The summed E-state index contributed by atoms with van der Waals surface area (Å²) in [5.41, 5.74) is 1.29. The summed E-state index contributed by atoms with van der Waals surface area (Å²) in [6, 6.07) is 10.4. The molecular weight excluding hydrogens is 432 g/mol. The van der Waals surface area contributed by atoms with Crippen molar-refractivity contribution in [1.29, 1.82) is 0 Å². The van der Waals surface area contributed by atoms with Crippen LogP contribution in [0.1, 0.15) is 76.2 Å². The standard InChI is InChI=1S/C28H42O6/c29-25-20-26(30)24(23(25)12-6-1-2-7-13-27(31)32)18-17-22(34-28-14-8-9-19-33-28)16-15-21-10-4-3-5-11-21/h1,3-6,10-11,22-26,28-30H,2,7-9,12-20H2,(H,31,32)/b6-1-/t22-,23+,24+,25-,26+,28?/m0/s1. The largest absolute Gasteiger partial charge is 0.481 e. The van der Waals surface area contributed by atoms with Crippen molar-refractivity contribution in [2.24, 2.45) is 11.8 Å². The minimum absolute atomic E-state index is 0.0198. The van der Waals surface area contributed by atoms with Crippen LogP contribution in [0.3, 0.4) is 0 Å². The number of allylic oxidation sites excluding steroid dienone is 2. The Balaban J connectivity index is 1.53. The van der Waals surface area contributed by atoms with Gasteiger partial charge in [-0.15, -0.1) is 0 Å². The molecule has 0 spiro atoms. The van der Waals surface area contributed by atoms with Crippen LogP contribution in [0.15, 0.2) is 42.5 Å². The van der Waals surface area contributed by atoms with Crippen molar-refractivity contribution in [2.45, 2.75) is 102 Å². The normalized spacial score (nSPS) is 28.4. The SMILES string of the molecule is O=C(O)CCC/C=C\C[C@@H]1[C@@H](CC[C@H](CCc2ccccc2)OC2CCCCO2)[C@H](O)C[C@@H]1O. The van der Waals surface area contributed by atoms with E-state index in [1.54, 1.807) is 0 Å². The average Bonchev–Trinajstić information content (AvgIpc) is 3.11. The van der Waals surface area contributed by atoms with Gasteiger partial charge in [-0.3, -0.25) is 4.79 Å². The lowest BCUT2D eigenvalue weighted by Crippen LogP contribution is -2.30. The lowest BCUT2D eigenvalue weighted by molar-refractivity contribution is -0.191. The summed E-state index contributed by atoms with van der Waals surface area (Å²) in [6.45, 7) is 0.754. The summed E-state index contributed by atoms with van der Waals surface area (Å²) in [7, 11) is 0. The fourth-order valence-electron chi connectivity index (χ4n) is 5.31. The Labute approximate surface area is 204 Å². The average molecular weight is 475 g/mol. The molecule has 1 heterocycles. The first-order chi connectivity index (χ1) is 16.5. The molecule has 1 saturated carbocycles. The number of unbranched alkanes of at least 4 members (excludes halogenated alkanes) is 1. The molecule has 6 nitrogen and oxygen atoms in total. The minimum Gasteiger partial charge on any atom is -0.481 e. The number of aliphatic carboxylic acids is 1. The Bertz CT molecular complexity index is 730. The van der Waals surface area contributed by atoms with E-state index in [1.807, 2.05) is 18.2 Å². The third kappa shape index (κ3) is 9.14. The Morgan fingerprint density at radius 3 is 2.62 bits per heavy atom. The number of aliphatic hydroxyl groups excluding tert-OH is 2. The first-order valence-electron chi connectivity index (χ1n) is 13.1. The number of rotatable bonds is 14. The Morgan fingerprint density at radius 1 is 1.09 bits per heavy atom. The molecule has 6 heteroatoms. The van der Waals surface area contributed by atoms with Gasteiger partial charge in [0.2, 0.25) is 0 Å². The zero-order valence-corrected chi connectivity index (χ0v) is 20.3. The van der Waals surface area contributed by atoms with Gasteiger partial charge in [0.15, 0.2) is 6.29 Å². The quantitative estimate of drug-likeness (QED) is 0.263. The number of benzene rings is 1. The highest BCUT2D eigenvalue weighted by atomic mass is 16.7. The molecular formula is C28H42O6. The summed E-state index contributed by atoms with van der Waals surface area (Å²) in [5.74, 6) is -0.717. The molecule has 0 bridgehead atoms. The van der Waals surface area contributed by atoms with E-state index in [2.05, 4.69) is 24.3 Å². The molecule has 1 aliphatic heterocycles. The number of hydrogen-bond donors (Lipinski definition) is 3. The van der Waals surface area contributed by atoms with Gasteiger partial charge in [0.05, 0.1) is 18.3 Å². The molecule has 34 heavy (non-hydrogen) atoms. The maximum atomic E-state index is 10.7. The summed E-state index contributed by atoms with van der Waals surface area (Å²) >= 11 is 0. The van der Waals surface area contributed by atoms with Crippen LogP contribution < -0.4 is 0 Å². The van der Waals surface area contributed by atoms with Crippen LogP contribution in [0.2, 0.25) is 0 Å². The number of hydrogen-bond acceptors (Lipinski definition) is 5. The van der Waals surface area contributed by atoms with Crippen molar-refractivity contribution >= 4 is 5.97 Å². The third-order valence-electron chi connectivity index (χ3n) is 7.26. The van der Waals surface area contributed by atoms with Gasteiger partial charge in [-0.1, -0.05) is 42.5 Å². The number of aryl methyl sites for hydroxylation is 1. The highest BCUT2D eigenvalue weighted by Crippen LogP contribution is 2.39. The highest BCUT2D eigenvalue weighted by molar-refractivity contribution is 5.66. The van der Waals surface area contributed by atoms with Crippen LogP contribution in [0.5, 0.6) is 0 Å². The second kappa shape index (κ2) is 14.6. The zero-order chi connectivity index (χ0) is 24.2. The van der Waals surface area contributed by atoms with Crippen molar-refractivity contribution in [2.75, 3.05) is 6.61 Å². The van der Waals surface area contributed by atoms with Gasteiger partial charge in [0, 0.05) is 13.0 Å². The first kappa shape index (κ1) is 26.9. The lowest BCUT2D eigenvalue weighted by Gasteiger charge is -2.30. The molecule has 1 aliphatic carbocycles. The molecule has 0 amide bonds. The number of ether oxygens (including phenoxy) is 2. The van der Waals surface area contributed by atoms with Crippen LogP contribution in [0.25, 0.3) is 0 Å². The van der Waals surface area contributed by atoms with Gasteiger partial charge in [0.25, 0.3) is 0 Å². The second-order valence-electron chi connectivity index (χ2n) is 9.85. The number of aliphatic hydroxyl groups is 2. The minimum atomic E-state index is -0.773. The summed E-state index contributed by atoms with van der Waals surface area (Å²) < 4.78 is 12.2. The molecule has 3 rings (SSSR count). The number of carboxylic acid groups (broad SMARTS) is 1. The van der Waals surface area contributed by atoms with E-state index >= 15 is 0 Å². The lowest BCUT2D eigenvalue weighted by atomic mass is 9.85. The van der Waals surface area contributed by atoms with Gasteiger partial charge < -0.3 is 24.8 Å². The van der Waals surface area contributed by atoms with E-state index < -0.39 is 18.2 Å². The van der Waals surface area contributed by atoms with Gasteiger partial charge in [-0.2, -0.15) is 0 Å². The van der Waals surface area contributed by atoms with Crippen LogP contribution in [0.4, 0.5) is 0 Å². The number of carboxylic acids is 1. The second-order valence-corrected chi connectivity index (χ2v) is 9.85. The molecule has 1 saturated heterocycles. The fourth-order valence-corrected chi connectivity index (χ4v) is 5.31. The first-order valence-corrected chi connectivity index (χ1v) is 13.1. The maximum Gasteiger partial charge on any atom is 0.303 e. The van der Waals surface area contributed by atoms with E-state index in [9.17, 15) is 15.0 Å². The Hall–Kier alpha value is -1.73. The maximum absolute atomic E-state index is 10.7. The third-order valence-corrected chi connectivity index (χ3v) is 7.26. The summed E-state index contributed by atoms with van der Waals surface area (Å²) in [5, 5.41) is 30.0. The van der Waals surface area contributed by atoms with E-state index in [0.29, 0.717) is 19.3 Å². The monoisotopic (exact) mass is 474 g/mol. The Morgan fingerprint density at radius 2 is 1.88 bits per heavy atom. The molecule has 3 N–H and O–H groups in total. The van der Waals surface area contributed by atoms with Gasteiger partial charge in [-0.05, 0) is 88.0 Å². The van der Waals surface area contributed by atoms with Crippen molar-refractivity contribution < 1.29 is 29.6 Å². The summed E-state index contributed by atoms with van der Waals surface area (Å²) in [4.78, 5) is 10.6. The molecule has 2 aliphatic rings.